The summed E-state index contributed by atoms with van der Waals surface area (Å²) in [5, 5.41) is 0. The van der Waals surface area contributed by atoms with Crippen molar-refractivity contribution in [2.45, 2.75) is 227 Å². The number of hydrogen-bond donors (Lipinski definition) is 2. The third-order valence-electron chi connectivity index (χ3n) is 13.6. The third-order valence-corrected chi connectivity index (χ3v) is 16.9. The van der Waals surface area contributed by atoms with Crippen molar-refractivity contribution in [3.05, 3.63) is 0 Å². The molecule has 0 aromatic heterocycles. The van der Waals surface area contributed by atoms with Crippen LogP contribution >= 0.6 is 0 Å². The number of unbranched alkanes of at least 4 members (excludes halogenated alkanes) is 18. The van der Waals surface area contributed by atoms with E-state index in [1.54, 1.807) is 0 Å². The van der Waals surface area contributed by atoms with Crippen molar-refractivity contribution in [3.8, 4) is 0 Å². The van der Waals surface area contributed by atoms with Gasteiger partial charge < -0.3 is 23.7 Å². The second-order valence-corrected chi connectivity index (χ2v) is 20.6. The van der Waals surface area contributed by atoms with Crippen molar-refractivity contribution >= 4 is 71.6 Å². The summed E-state index contributed by atoms with van der Waals surface area (Å²) in [4.78, 5) is 0. The van der Waals surface area contributed by atoms with Crippen molar-refractivity contribution in [2.75, 3.05) is 26.4 Å². The first-order valence-electron chi connectivity index (χ1n) is 21.4. The molecule has 0 amide bonds. The molecule has 0 aromatic carbocycles. The molecule has 11 nitrogen and oxygen atoms in total. The fraction of sp³-hybridized carbons (Fsp3) is 1.00. The van der Waals surface area contributed by atoms with E-state index in [2.05, 4.69) is 13.8 Å². The van der Waals surface area contributed by atoms with E-state index in [0.717, 1.165) is 51.4 Å². The van der Waals surface area contributed by atoms with Gasteiger partial charge in [-0.15, -0.1) is 0 Å². The molecule has 4 aliphatic rings. The van der Waals surface area contributed by atoms with Gasteiger partial charge in [-0.3, -0.25) is 9.11 Å². The van der Waals surface area contributed by atoms with Gasteiger partial charge in [0.15, 0.2) is 0 Å². The van der Waals surface area contributed by atoms with Crippen LogP contribution in [0.25, 0.3) is 0 Å². The van der Waals surface area contributed by atoms with Gasteiger partial charge in [0, 0.05) is 25.7 Å². The van der Waals surface area contributed by atoms with Gasteiger partial charge in [0.25, 0.3) is 20.2 Å². The van der Waals surface area contributed by atoms with Crippen molar-refractivity contribution in [2.24, 2.45) is 0 Å². The summed E-state index contributed by atoms with van der Waals surface area (Å²) in [5.74, 6) is -3.28. The zero-order chi connectivity index (χ0) is 38.7. The Kier molecular flexibility index (Phi) is 19.9. The van der Waals surface area contributed by atoms with E-state index in [-0.39, 0.29) is 116 Å². The van der Waals surface area contributed by atoms with Gasteiger partial charge in [0.1, 0.15) is 20.7 Å². The molecule has 6 atom stereocenters. The number of hydrogen-bond acceptors (Lipinski definition) is 9. The summed E-state index contributed by atoms with van der Waals surface area (Å²) in [6, 6.07) is 0. The predicted octanol–water partition coefficient (Wildman–Crippen LogP) is 8.82. The fourth-order valence-electron chi connectivity index (χ4n) is 9.64. The predicted molar refractivity (Wildman–Crippen MR) is 214 cm³/mol. The van der Waals surface area contributed by atoms with Gasteiger partial charge in [-0.05, 0) is 26.7 Å². The van der Waals surface area contributed by atoms with Gasteiger partial charge in [-0.25, -0.2) is 0 Å². The van der Waals surface area contributed by atoms with E-state index in [1.807, 2.05) is 0 Å². The summed E-state index contributed by atoms with van der Waals surface area (Å²) in [5.41, 5.74) is -3.12. The molecule has 0 bridgehead atoms. The summed E-state index contributed by atoms with van der Waals surface area (Å²) < 4.78 is 104. The average Bonchev–Trinajstić information content (AvgIpc) is 3.01. The Hall–Kier alpha value is 1.26. The fourth-order valence-corrected chi connectivity index (χ4v) is 11.9. The van der Waals surface area contributed by atoms with Crippen LogP contribution in [0.2, 0.25) is 0 Å². The molecular weight excluding hydrogens is 760 g/mol. The van der Waals surface area contributed by atoms with E-state index in [0.29, 0.717) is 12.8 Å². The van der Waals surface area contributed by atoms with Gasteiger partial charge in [-0.2, -0.15) is 16.8 Å². The summed E-state index contributed by atoms with van der Waals surface area (Å²) in [6.07, 6.45) is 23.0. The normalized spacial score (nSPS) is 30.5. The van der Waals surface area contributed by atoms with E-state index in [4.69, 9.17) is 23.7 Å². The quantitative estimate of drug-likeness (QED) is 0.0405. The van der Waals surface area contributed by atoms with Gasteiger partial charge in [0.2, 0.25) is 11.6 Å². The van der Waals surface area contributed by atoms with E-state index in [9.17, 15) is 25.9 Å². The van der Waals surface area contributed by atoms with Crippen LogP contribution in [-0.2, 0) is 43.9 Å². The molecule has 54 heavy (non-hydrogen) atoms. The van der Waals surface area contributed by atoms with Crippen LogP contribution in [0.3, 0.4) is 0 Å². The Morgan fingerprint density at radius 2 is 0.722 bits per heavy atom. The Balaban J connectivity index is 0.00000784. The molecule has 0 radical (unpaired) electrons. The van der Waals surface area contributed by atoms with Crippen molar-refractivity contribution in [1.82, 2.24) is 0 Å². The van der Waals surface area contributed by atoms with E-state index in [1.165, 1.54) is 78.1 Å². The molecule has 2 N–H and O–H groups in total. The van der Waals surface area contributed by atoms with Gasteiger partial charge >= 0.3 is 51.4 Å². The van der Waals surface area contributed by atoms with Crippen LogP contribution in [0, 0.1) is 0 Å². The van der Waals surface area contributed by atoms with E-state index >= 15 is 0 Å². The summed E-state index contributed by atoms with van der Waals surface area (Å²) >= 11 is 0. The Morgan fingerprint density at radius 3 is 0.907 bits per heavy atom. The molecule has 0 aromatic rings. The summed E-state index contributed by atoms with van der Waals surface area (Å²) in [6.45, 7) is 8.53. The van der Waals surface area contributed by atoms with Crippen molar-refractivity contribution in [1.29, 1.82) is 0 Å². The zero-order valence-electron chi connectivity index (χ0n) is 33.6. The molecule has 4 aliphatic heterocycles. The molecule has 0 spiro atoms. The maximum absolute atomic E-state index is 13.4. The second kappa shape index (κ2) is 21.7. The molecule has 4 rings (SSSR count). The van der Waals surface area contributed by atoms with Crippen LogP contribution in [0.15, 0.2) is 0 Å². The number of rotatable bonds is 30. The SMILES string of the molecule is CCCCCCCCCCCCC(C)(C1(C2(OC3(C4(C(C)(CCCCCCCCCCCC)S(=O)(=O)O)CCO4)CCO3)CCO2)CCO1)S(=O)(=O)O.[KH]. The molecule has 4 fully saturated rings. The number of ether oxygens (including phenoxy) is 5. The monoisotopic (exact) mass is 834 g/mol. The molecular formula is C40H75KO11S2. The molecule has 14 heteroatoms. The Bertz CT molecular complexity index is 1230. The van der Waals surface area contributed by atoms with Crippen LogP contribution in [-0.4, -0.2) is 136 Å². The van der Waals surface area contributed by atoms with Crippen LogP contribution < -0.4 is 0 Å². The topological polar surface area (TPSA) is 155 Å². The molecule has 4 heterocycles. The summed E-state index contributed by atoms with van der Waals surface area (Å²) in [7, 11) is -9.39. The Morgan fingerprint density at radius 1 is 0.481 bits per heavy atom. The molecule has 4 saturated heterocycles. The van der Waals surface area contributed by atoms with Crippen LogP contribution in [0.4, 0.5) is 0 Å². The third kappa shape index (κ3) is 10.2. The first-order valence-corrected chi connectivity index (χ1v) is 24.2. The second-order valence-electron chi connectivity index (χ2n) is 16.9. The first kappa shape index (κ1) is 49.6. The van der Waals surface area contributed by atoms with Crippen LogP contribution in [0.1, 0.15) is 195 Å². The van der Waals surface area contributed by atoms with Crippen molar-refractivity contribution in [3.63, 3.8) is 0 Å². The standard InChI is InChI=1S/C40H74O11S2.K.H/c1-5-7-9-11-13-15-17-19-21-23-25-35(3,52(41,42)43)37(27-31-47-37)39(29-33-49-39)51-40(30-34-50-40)38(28-32-48-38)36(4,53(44,45)46)26-24-22-20-18-16-14-12-10-8-6-2;;/h5-34H2,1-4H3,(H,41,42,43)(H,44,45,46);;. The maximum atomic E-state index is 13.4. The van der Waals surface area contributed by atoms with E-state index < -0.39 is 52.5 Å². The van der Waals surface area contributed by atoms with Crippen LogP contribution in [0.5, 0.6) is 0 Å². The Labute approximate surface area is 371 Å². The average molecular weight is 835 g/mol. The minimum atomic E-state index is -4.70. The molecule has 0 aliphatic carbocycles. The molecule has 314 valence electrons. The zero-order valence-corrected chi connectivity index (χ0v) is 35.2. The van der Waals surface area contributed by atoms with Gasteiger partial charge in [0.05, 0.1) is 26.4 Å². The van der Waals surface area contributed by atoms with Gasteiger partial charge in [-0.1, -0.05) is 142 Å². The first-order chi connectivity index (χ1) is 25.2. The molecule has 0 saturated carbocycles. The molecule has 6 unspecified atom stereocenters. The minimum absolute atomic E-state index is 0. The van der Waals surface area contributed by atoms with Crippen molar-refractivity contribution < 1.29 is 49.6 Å².